The number of hydrogen-bond acceptors (Lipinski definition) is 3. The normalized spacial score (nSPS) is 18.1. The molecule has 3 rings (SSSR count). The second kappa shape index (κ2) is 9.96. The van der Waals surface area contributed by atoms with Gasteiger partial charge in [-0.25, -0.2) is 0 Å². The number of carbonyl (C=O) groups excluding carboxylic acids is 1. The SMILES string of the molecule is COc1ccc(CCCCCC(=O)N2CCC(NCC3CC3)CC2)cc1. The molecule has 0 radical (unpaired) electrons. The summed E-state index contributed by atoms with van der Waals surface area (Å²) >= 11 is 0. The Balaban J connectivity index is 1.23. The van der Waals surface area contributed by atoms with Gasteiger partial charge in [-0.3, -0.25) is 4.79 Å². The fourth-order valence-corrected chi connectivity index (χ4v) is 3.72. The van der Waals surface area contributed by atoms with Crippen molar-refractivity contribution in [1.29, 1.82) is 0 Å². The van der Waals surface area contributed by atoms with Gasteiger partial charge in [-0.05, 0) is 75.1 Å². The summed E-state index contributed by atoms with van der Waals surface area (Å²) in [7, 11) is 1.69. The van der Waals surface area contributed by atoms with E-state index in [0.717, 1.165) is 63.3 Å². The van der Waals surface area contributed by atoms with Crippen LogP contribution in [0.2, 0.25) is 0 Å². The number of rotatable bonds is 10. The summed E-state index contributed by atoms with van der Waals surface area (Å²) in [4.78, 5) is 14.5. The molecule has 1 saturated carbocycles. The fraction of sp³-hybridized carbons (Fsp3) is 0.682. The van der Waals surface area contributed by atoms with Crippen molar-refractivity contribution in [3.63, 3.8) is 0 Å². The summed E-state index contributed by atoms with van der Waals surface area (Å²) in [5, 5.41) is 3.68. The van der Waals surface area contributed by atoms with Crippen LogP contribution in [0.4, 0.5) is 0 Å². The highest BCUT2D eigenvalue weighted by Crippen LogP contribution is 2.28. The number of likely N-dealkylation sites (tertiary alicyclic amines) is 1. The smallest absolute Gasteiger partial charge is 0.222 e. The summed E-state index contributed by atoms with van der Waals surface area (Å²) in [5.74, 6) is 2.20. The third-order valence-corrected chi connectivity index (χ3v) is 5.75. The number of ether oxygens (including phenoxy) is 1. The predicted octanol–water partition coefficient (Wildman–Crippen LogP) is 3.79. The van der Waals surface area contributed by atoms with Gasteiger partial charge in [0.1, 0.15) is 5.75 Å². The van der Waals surface area contributed by atoms with E-state index in [0.29, 0.717) is 18.4 Å². The van der Waals surface area contributed by atoms with Crippen molar-refractivity contribution in [3.8, 4) is 5.75 Å². The van der Waals surface area contributed by atoms with Crippen molar-refractivity contribution in [2.45, 2.75) is 63.8 Å². The molecule has 4 heteroatoms. The summed E-state index contributed by atoms with van der Waals surface area (Å²) in [6.07, 6.45) is 10.1. The quantitative estimate of drug-likeness (QED) is 0.647. The molecule has 1 aromatic carbocycles. The Morgan fingerprint density at radius 1 is 1.08 bits per heavy atom. The van der Waals surface area contributed by atoms with Gasteiger partial charge >= 0.3 is 0 Å². The van der Waals surface area contributed by atoms with Gasteiger partial charge in [0.15, 0.2) is 0 Å². The topological polar surface area (TPSA) is 41.6 Å². The summed E-state index contributed by atoms with van der Waals surface area (Å²) < 4.78 is 5.18. The molecule has 2 fully saturated rings. The zero-order valence-corrected chi connectivity index (χ0v) is 16.2. The van der Waals surface area contributed by atoms with Crippen LogP contribution in [-0.4, -0.2) is 43.6 Å². The van der Waals surface area contributed by atoms with E-state index >= 15 is 0 Å². The molecule has 1 N–H and O–H groups in total. The van der Waals surface area contributed by atoms with Crippen LogP contribution in [0.5, 0.6) is 5.75 Å². The number of benzene rings is 1. The van der Waals surface area contributed by atoms with Gasteiger partial charge in [0.25, 0.3) is 0 Å². The van der Waals surface area contributed by atoms with E-state index in [2.05, 4.69) is 22.3 Å². The van der Waals surface area contributed by atoms with Gasteiger partial charge in [-0.15, -0.1) is 0 Å². The predicted molar refractivity (Wildman–Crippen MR) is 105 cm³/mol. The molecule has 1 heterocycles. The lowest BCUT2D eigenvalue weighted by Crippen LogP contribution is -2.45. The van der Waals surface area contributed by atoms with E-state index in [9.17, 15) is 4.79 Å². The largest absolute Gasteiger partial charge is 0.497 e. The Morgan fingerprint density at radius 3 is 2.46 bits per heavy atom. The summed E-state index contributed by atoms with van der Waals surface area (Å²) in [5.41, 5.74) is 1.35. The number of aryl methyl sites for hydroxylation is 1. The second-order valence-corrected chi connectivity index (χ2v) is 7.92. The minimum Gasteiger partial charge on any atom is -0.497 e. The molecular weight excluding hydrogens is 324 g/mol. The van der Waals surface area contributed by atoms with Crippen LogP contribution < -0.4 is 10.1 Å². The van der Waals surface area contributed by atoms with Crippen LogP contribution in [0.15, 0.2) is 24.3 Å². The third kappa shape index (κ3) is 6.31. The zero-order chi connectivity index (χ0) is 18.2. The molecule has 0 spiro atoms. The van der Waals surface area contributed by atoms with Crippen LogP contribution in [0.1, 0.15) is 56.9 Å². The molecule has 1 saturated heterocycles. The Bertz CT molecular complexity index is 546. The Hall–Kier alpha value is -1.55. The molecule has 1 amide bonds. The van der Waals surface area contributed by atoms with E-state index in [1.54, 1.807) is 7.11 Å². The van der Waals surface area contributed by atoms with Crippen molar-refractivity contribution in [2.75, 3.05) is 26.7 Å². The lowest BCUT2D eigenvalue weighted by atomic mass is 10.0. The monoisotopic (exact) mass is 358 g/mol. The van der Waals surface area contributed by atoms with Gasteiger partial charge in [-0.1, -0.05) is 18.6 Å². The maximum absolute atomic E-state index is 12.4. The molecule has 1 aliphatic heterocycles. The summed E-state index contributed by atoms with van der Waals surface area (Å²) in [6, 6.07) is 8.92. The van der Waals surface area contributed by atoms with Crippen LogP contribution in [0.3, 0.4) is 0 Å². The number of carbonyl (C=O) groups is 1. The molecule has 2 aliphatic rings. The number of unbranched alkanes of at least 4 members (excludes halogenated alkanes) is 2. The molecule has 144 valence electrons. The van der Waals surface area contributed by atoms with Crippen LogP contribution in [0.25, 0.3) is 0 Å². The van der Waals surface area contributed by atoms with E-state index in [1.165, 1.54) is 24.9 Å². The molecule has 26 heavy (non-hydrogen) atoms. The first-order valence-corrected chi connectivity index (χ1v) is 10.4. The molecule has 0 aromatic heterocycles. The first-order valence-electron chi connectivity index (χ1n) is 10.4. The van der Waals surface area contributed by atoms with E-state index in [4.69, 9.17) is 4.74 Å². The van der Waals surface area contributed by atoms with Crippen molar-refractivity contribution >= 4 is 5.91 Å². The number of nitrogens with zero attached hydrogens (tertiary/aromatic N) is 1. The molecular formula is C22H34N2O2. The highest BCUT2D eigenvalue weighted by molar-refractivity contribution is 5.76. The fourth-order valence-electron chi connectivity index (χ4n) is 3.72. The molecule has 1 aliphatic carbocycles. The maximum atomic E-state index is 12.4. The average Bonchev–Trinajstić information content (AvgIpc) is 3.51. The van der Waals surface area contributed by atoms with Crippen LogP contribution in [-0.2, 0) is 11.2 Å². The Kier molecular flexibility index (Phi) is 7.36. The van der Waals surface area contributed by atoms with Crippen LogP contribution >= 0.6 is 0 Å². The van der Waals surface area contributed by atoms with Crippen molar-refractivity contribution in [2.24, 2.45) is 5.92 Å². The minimum absolute atomic E-state index is 0.357. The molecule has 4 nitrogen and oxygen atoms in total. The molecule has 0 unspecified atom stereocenters. The molecule has 0 atom stereocenters. The van der Waals surface area contributed by atoms with E-state index < -0.39 is 0 Å². The van der Waals surface area contributed by atoms with E-state index in [1.807, 2.05) is 12.1 Å². The Morgan fingerprint density at radius 2 is 1.81 bits per heavy atom. The van der Waals surface area contributed by atoms with E-state index in [-0.39, 0.29) is 0 Å². The van der Waals surface area contributed by atoms with Crippen molar-refractivity contribution in [3.05, 3.63) is 29.8 Å². The lowest BCUT2D eigenvalue weighted by Gasteiger charge is -2.32. The number of piperidine rings is 1. The second-order valence-electron chi connectivity index (χ2n) is 7.92. The first kappa shape index (κ1) is 19.2. The number of amides is 1. The van der Waals surface area contributed by atoms with Crippen LogP contribution in [0, 0.1) is 5.92 Å². The number of nitrogens with one attached hydrogen (secondary N) is 1. The number of hydrogen-bond donors (Lipinski definition) is 1. The number of methoxy groups -OCH3 is 1. The molecule has 1 aromatic rings. The Labute approximate surface area is 158 Å². The third-order valence-electron chi connectivity index (χ3n) is 5.75. The average molecular weight is 359 g/mol. The van der Waals surface area contributed by atoms with Gasteiger partial charge < -0.3 is 15.0 Å². The molecule has 0 bridgehead atoms. The van der Waals surface area contributed by atoms with Gasteiger partial charge in [0.05, 0.1) is 7.11 Å². The maximum Gasteiger partial charge on any atom is 0.222 e. The van der Waals surface area contributed by atoms with Gasteiger partial charge in [-0.2, -0.15) is 0 Å². The van der Waals surface area contributed by atoms with Gasteiger partial charge in [0, 0.05) is 25.6 Å². The highest BCUT2D eigenvalue weighted by Gasteiger charge is 2.25. The standard InChI is InChI=1S/C22H34N2O2/c1-26-21-11-9-18(10-12-21)5-3-2-4-6-22(25)24-15-13-20(14-16-24)23-17-19-7-8-19/h9-12,19-20,23H,2-8,13-17H2,1H3. The van der Waals surface area contributed by atoms with Gasteiger partial charge in [0.2, 0.25) is 5.91 Å². The summed E-state index contributed by atoms with van der Waals surface area (Å²) in [6.45, 7) is 3.06. The minimum atomic E-state index is 0.357. The zero-order valence-electron chi connectivity index (χ0n) is 16.2. The highest BCUT2D eigenvalue weighted by atomic mass is 16.5. The first-order chi connectivity index (χ1) is 12.7. The van der Waals surface area contributed by atoms with Crippen molar-refractivity contribution < 1.29 is 9.53 Å². The lowest BCUT2D eigenvalue weighted by molar-refractivity contribution is -0.132. The van der Waals surface area contributed by atoms with Crippen molar-refractivity contribution in [1.82, 2.24) is 10.2 Å².